The fourth-order valence-electron chi connectivity index (χ4n) is 2.93. The van der Waals surface area contributed by atoms with Gasteiger partial charge >= 0.3 is 0 Å². The number of hydrogen-bond acceptors (Lipinski definition) is 4. The number of non-ortho nitro benzene ring substituents is 1. The summed E-state index contributed by atoms with van der Waals surface area (Å²) in [5.74, 6) is -0.00679. The molecule has 0 aliphatic carbocycles. The monoisotopic (exact) mass is 360 g/mol. The van der Waals surface area contributed by atoms with Gasteiger partial charge in [-0.25, -0.2) is 0 Å². The van der Waals surface area contributed by atoms with Gasteiger partial charge in [-0.2, -0.15) is 0 Å². The molecule has 1 unspecified atom stereocenters. The molecule has 0 aliphatic heterocycles. The van der Waals surface area contributed by atoms with Crippen molar-refractivity contribution in [3.05, 3.63) is 112 Å². The lowest BCUT2D eigenvalue weighted by Gasteiger charge is -2.19. The second-order valence-corrected chi connectivity index (χ2v) is 6.26. The number of nitro benzene ring substituents is 1. The highest BCUT2D eigenvalue weighted by Crippen LogP contribution is 2.24. The number of benzene rings is 3. The van der Waals surface area contributed by atoms with E-state index in [0.717, 1.165) is 11.1 Å². The predicted octanol–water partition coefficient (Wildman–Crippen LogP) is 4.70. The zero-order valence-corrected chi connectivity index (χ0v) is 14.7. The van der Waals surface area contributed by atoms with Gasteiger partial charge in [-0.15, -0.1) is 0 Å². The summed E-state index contributed by atoms with van der Waals surface area (Å²) in [4.78, 5) is 23.4. The highest BCUT2D eigenvalue weighted by atomic mass is 16.6. The van der Waals surface area contributed by atoms with Crippen molar-refractivity contribution in [3.8, 4) is 0 Å². The maximum atomic E-state index is 12.7. The van der Waals surface area contributed by atoms with E-state index in [1.54, 1.807) is 18.2 Å². The van der Waals surface area contributed by atoms with Crippen LogP contribution >= 0.6 is 0 Å². The molecule has 136 valence electrons. The molecular formula is C22H20N2O3. The molecule has 5 nitrogen and oxygen atoms in total. The van der Waals surface area contributed by atoms with Gasteiger partial charge in [-0.1, -0.05) is 72.8 Å². The Morgan fingerprint density at radius 2 is 1.59 bits per heavy atom. The molecular weight excluding hydrogens is 340 g/mol. The summed E-state index contributed by atoms with van der Waals surface area (Å²) in [6.45, 7) is 0.566. The van der Waals surface area contributed by atoms with E-state index in [1.165, 1.54) is 12.1 Å². The minimum Gasteiger partial charge on any atom is -0.305 e. The molecule has 0 amide bonds. The third-order valence-electron chi connectivity index (χ3n) is 4.36. The minimum absolute atomic E-state index is 0.00679. The van der Waals surface area contributed by atoms with E-state index < -0.39 is 4.92 Å². The fraction of sp³-hybridized carbons (Fsp3) is 0.136. The van der Waals surface area contributed by atoms with Gasteiger partial charge in [-0.3, -0.25) is 14.9 Å². The molecule has 3 aromatic rings. The van der Waals surface area contributed by atoms with Crippen LogP contribution in [0.5, 0.6) is 0 Å². The molecule has 3 aromatic carbocycles. The molecule has 0 radical (unpaired) electrons. The van der Waals surface area contributed by atoms with Gasteiger partial charge in [0.2, 0.25) is 0 Å². The molecule has 0 saturated heterocycles. The lowest BCUT2D eigenvalue weighted by atomic mass is 9.97. The van der Waals surface area contributed by atoms with Gasteiger partial charge in [0, 0.05) is 36.7 Å². The quantitative estimate of drug-likeness (QED) is 0.359. The van der Waals surface area contributed by atoms with Crippen molar-refractivity contribution in [2.75, 3.05) is 0 Å². The van der Waals surface area contributed by atoms with Crippen molar-refractivity contribution in [1.29, 1.82) is 0 Å². The Labute approximate surface area is 157 Å². The number of nitrogens with one attached hydrogen (secondary N) is 1. The Morgan fingerprint density at radius 1 is 0.926 bits per heavy atom. The summed E-state index contributed by atoms with van der Waals surface area (Å²) < 4.78 is 0. The van der Waals surface area contributed by atoms with Gasteiger partial charge in [-0.05, 0) is 11.1 Å². The molecule has 0 fully saturated rings. The molecule has 5 heteroatoms. The molecule has 3 rings (SSSR count). The first-order chi connectivity index (χ1) is 13.1. The summed E-state index contributed by atoms with van der Waals surface area (Å²) in [6.07, 6.45) is 0.220. The van der Waals surface area contributed by atoms with Gasteiger partial charge in [0.25, 0.3) is 5.69 Å². The van der Waals surface area contributed by atoms with Gasteiger partial charge in [0.05, 0.1) is 4.92 Å². The lowest BCUT2D eigenvalue weighted by molar-refractivity contribution is -0.384. The molecule has 27 heavy (non-hydrogen) atoms. The molecule has 0 saturated carbocycles. The van der Waals surface area contributed by atoms with Gasteiger partial charge in [0.1, 0.15) is 0 Å². The summed E-state index contributed by atoms with van der Waals surface area (Å²) in [5.41, 5.74) is 2.46. The van der Waals surface area contributed by atoms with Crippen LogP contribution in [-0.2, 0) is 6.54 Å². The van der Waals surface area contributed by atoms with E-state index in [-0.39, 0.29) is 23.9 Å². The van der Waals surface area contributed by atoms with Crippen molar-refractivity contribution in [1.82, 2.24) is 5.32 Å². The van der Waals surface area contributed by atoms with Crippen molar-refractivity contribution >= 4 is 11.5 Å². The Hall–Kier alpha value is -3.31. The Kier molecular flexibility index (Phi) is 6.07. The number of nitro groups is 1. The number of carbonyl (C=O) groups excluding carboxylic acids is 1. The highest BCUT2D eigenvalue weighted by molar-refractivity contribution is 5.96. The SMILES string of the molecule is O=C(CC(NCc1ccccc1)c1cccc([N+](=O)[O-])c1)c1ccccc1. The number of carbonyl (C=O) groups is 1. The van der Waals surface area contributed by atoms with Crippen molar-refractivity contribution in [2.45, 2.75) is 19.0 Å². The normalized spacial score (nSPS) is 11.7. The Balaban J connectivity index is 1.82. The second-order valence-electron chi connectivity index (χ2n) is 6.26. The standard InChI is InChI=1S/C22H20N2O3/c25-22(18-10-5-2-6-11-18)15-21(23-16-17-8-3-1-4-9-17)19-12-7-13-20(14-19)24(26)27/h1-14,21,23H,15-16H2. The number of ketones is 1. The van der Waals surface area contributed by atoms with E-state index in [1.807, 2.05) is 54.6 Å². The van der Waals surface area contributed by atoms with Crippen molar-refractivity contribution in [2.24, 2.45) is 0 Å². The maximum Gasteiger partial charge on any atom is 0.269 e. The molecule has 0 aromatic heterocycles. The fourth-order valence-corrected chi connectivity index (χ4v) is 2.93. The average molecular weight is 360 g/mol. The zero-order valence-electron chi connectivity index (χ0n) is 14.7. The molecule has 0 spiro atoms. The second kappa shape index (κ2) is 8.87. The summed E-state index contributed by atoms with van der Waals surface area (Å²) >= 11 is 0. The van der Waals surface area contributed by atoms with Crippen LogP contribution < -0.4 is 5.32 Å². The van der Waals surface area contributed by atoms with Crippen LogP contribution in [0.1, 0.15) is 33.9 Å². The first-order valence-electron chi connectivity index (χ1n) is 8.73. The minimum atomic E-state index is -0.420. The van der Waals surface area contributed by atoms with E-state index >= 15 is 0 Å². The largest absolute Gasteiger partial charge is 0.305 e. The first-order valence-corrected chi connectivity index (χ1v) is 8.73. The molecule has 1 N–H and O–H groups in total. The number of Topliss-reactive ketones (excluding diaryl/α,β-unsaturated/α-hetero) is 1. The topological polar surface area (TPSA) is 72.2 Å². The van der Waals surface area contributed by atoms with Gasteiger partial charge in [0.15, 0.2) is 5.78 Å². The summed E-state index contributed by atoms with van der Waals surface area (Å²) in [6, 6.07) is 25.0. The smallest absolute Gasteiger partial charge is 0.269 e. The van der Waals surface area contributed by atoms with E-state index in [2.05, 4.69) is 5.32 Å². The molecule has 0 bridgehead atoms. The van der Waals surface area contributed by atoms with Crippen LogP contribution in [0.25, 0.3) is 0 Å². The maximum absolute atomic E-state index is 12.7. The Morgan fingerprint density at radius 3 is 2.26 bits per heavy atom. The van der Waals surface area contributed by atoms with Gasteiger partial charge < -0.3 is 5.32 Å². The van der Waals surface area contributed by atoms with Crippen molar-refractivity contribution in [3.63, 3.8) is 0 Å². The van der Waals surface area contributed by atoms with Crippen LogP contribution in [0.15, 0.2) is 84.9 Å². The van der Waals surface area contributed by atoms with E-state index in [4.69, 9.17) is 0 Å². The Bertz CT molecular complexity index is 911. The third-order valence-corrected chi connectivity index (χ3v) is 4.36. The van der Waals surface area contributed by atoms with Crippen molar-refractivity contribution < 1.29 is 9.72 Å². The number of hydrogen-bond donors (Lipinski definition) is 1. The van der Waals surface area contributed by atoms with Crippen LogP contribution in [0.2, 0.25) is 0 Å². The number of rotatable bonds is 8. The summed E-state index contributed by atoms with van der Waals surface area (Å²) in [5, 5.41) is 14.5. The molecule has 1 atom stereocenters. The van der Waals surface area contributed by atoms with Crippen LogP contribution in [0.3, 0.4) is 0 Å². The molecule has 0 heterocycles. The van der Waals surface area contributed by atoms with Crippen LogP contribution in [0.4, 0.5) is 5.69 Å². The first kappa shape index (κ1) is 18.5. The molecule has 0 aliphatic rings. The van der Waals surface area contributed by atoms with Crippen LogP contribution in [0, 0.1) is 10.1 Å². The van der Waals surface area contributed by atoms with E-state index in [0.29, 0.717) is 12.1 Å². The predicted molar refractivity (Wildman–Crippen MR) is 105 cm³/mol. The van der Waals surface area contributed by atoms with Crippen LogP contribution in [-0.4, -0.2) is 10.7 Å². The number of nitrogens with zero attached hydrogens (tertiary/aromatic N) is 1. The average Bonchev–Trinajstić information content (AvgIpc) is 2.72. The third kappa shape index (κ3) is 5.09. The summed E-state index contributed by atoms with van der Waals surface area (Å²) in [7, 11) is 0. The lowest BCUT2D eigenvalue weighted by Crippen LogP contribution is -2.24. The zero-order chi connectivity index (χ0) is 19.1. The highest BCUT2D eigenvalue weighted by Gasteiger charge is 2.19. The van der Waals surface area contributed by atoms with E-state index in [9.17, 15) is 14.9 Å².